The number of nitrogen functional groups attached to an aromatic ring is 2. The Balaban J connectivity index is 2.43. The van der Waals surface area contributed by atoms with E-state index in [-0.39, 0.29) is 12.1 Å². The highest BCUT2D eigenvalue weighted by molar-refractivity contribution is 5.48. The molecule has 0 aliphatic heterocycles. The third kappa shape index (κ3) is 3.99. The molecule has 1 heterocycles. The van der Waals surface area contributed by atoms with E-state index in [0.717, 1.165) is 6.42 Å². The van der Waals surface area contributed by atoms with E-state index in [1.807, 2.05) is 6.92 Å². The molecule has 1 rings (SSSR count). The molecule has 6 nitrogen and oxygen atoms in total. The minimum Gasteiger partial charge on any atom is -0.393 e. The van der Waals surface area contributed by atoms with Crippen molar-refractivity contribution in [3.63, 3.8) is 0 Å². The van der Waals surface area contributed by atoms with Crippen LogP contribution in [0.15, 0.2) is 6.07 Å². The molecule has 0 amide bonds. The van der Waals surface area contributed by atoms with Gasteiger partial charge >= 0.3 is 0 Å². The van der Waals surface area contributed by atoms with Crippen molar-refractivity contribution in [1.82, 2.24) is 9.97 Å². The third-order valence-corrected chi connectivity index (χ3v) is 2.02. The van der Waals surface area contributed by atoms with Gasteiger partial charge in [0.25, 0.3) is 0 Å². The van der Waals surface area contributed by atoms with E-state index in [4.69, 9.17) is 11.5 Å². The van der Waals surface area contributed by atoms with Crippen LogP contribution >= 0.6 is 0 Å². The van der Waals surface area contributed by atoms with E-state index in [9.17, 15) is 5.11 Å². The fourth-order valence-electron chi connectivity index (χ4n) is 1.15. The average molecular weight is 211 g/mol. The Kier molecular flexibility index (Phi) is 4.11. The average Bonchev–Trinajstić information content (AvgIpc) is 2.16. The van der Waals surface area contributed by atoms with Crippen LogP contribution < -0.4 is 16.8 Å². The van der Waals surface area contributed by atoms with Crippen LogP contribution in [0.5, 0.6) is 0 Å². The van der Waals surface area contributed by atoms with Gasteiger partial charge in [-0.25, -0.2) is 0 Å². The second-order valence-electron chi connectivity index (χ2n) is 3.31. The van der Waals surface area contributed by atoms with E-state index >= 15 is 0 Å². The Hall–Kier alpha value is -1.56. The molecule has 0 aliphatic carbocycles. The zero-order valence-electron chi connectivity index (χ0n) is 8.77. The number of nitrogens with one attached hydrogen (secondary N) is 1. The molecule has 0 aromatic carbocycles. The maximum atomic E-state index is 9.32. The first-order valence-electron chi connectivity index (χ1n) is 4.93. The molecule has 6 heteroatoms. The Bertz CT molecular complexity index is 297. The minimum atomic E-state index is -0.283. The maximum absolute atomic E-state index is 9.32. The normalized spacial score (nSPS) is 12.4. The molecular weight excluding hydrogens is 194 g/mol. The van der Waals surface area contributed by atoms with E-state index in [0.29, 0.717) is 24.6 Å². The number of nitrogens with zero attached hydrogens (tertiary/aromatic N) is 2. The molecule has 0 radical (unpaired) electrons. The van der Waals surface area contributed by atoms with Crippen LogP contribution in [-0.4, -0.2) is 27.7 Å². The molecule has 0 spiro atoms. The molecule has 0 saturated carbocycles. The number of rotatable bonds is 5. The quantitative estimate of drug-likeness (QED) is 0.554. The van der Waals surface area contributed by atoms with Crippen LogP contribution in [0.1, 0.15) is 19.8 Å². The topological polar surface area (TPSA) is 110 Å². The molecule has 6 N–H and O–H groups in total. The van der Waals surface area contributed by atoms with Crippen LogP contribution in [0.4, 0.5) is 17.6 Å². The van der Waals surface area contributed by atoms with Gasteiger partial charge in [0.15, 0.2) is 0 Å². The lowest BCUT2D eigenvalue weighted by Gasteiger charge is -2.09. The van der Waals surface area contributed by atoms with Gasteiger partial charge in [-0.15, -0.1) is 0 Å². The first kappa shape index (κ1) is 11.5. The van der Waals surface area contributed by atoms with Crippen LogP contribution in [-0.2, 0) is 0 Å². The van der Waals surface area contributed by atoms with Crippen LogP contribution in [0.2, 0.25) is 0 Å². The number of anilines is 3. The third-order valence-electron chi connectivity index (χ3n) is 2.02. The van der Waals surface area contributed by atoms with Crippen molar-refractivity contribution in [2.24, 2.45) is 0 Å². The van der Waals surface area contributed by atoms with Gasteiger partial charge in [-0.2, -0.15) is 9.97 Å². The first-order chi connectivity index (χ1) is 7.11. The predicted octanol–water partition coefficient (Wildman–Crippen LogP) is 0.214. The predicted molar refractivity (Wildman–Crippen MR) is 60.3 cm³/mol. The second-order valence-corrected chi connectivity index (χ2v) is 3.31. The summed E-state index contributed by atoms with van der Waals surface area (Å²) < 4.78 is 0. The summed E-state index contributed by atoms with van der Waals surface area (Å²) in [5.74, 6) is 1.07. The highest BCUT2D eigenvalue weighted by Crippen LogP contribution is 2.09. The van der Waals surface area contributed by atoms with Crippen LogP contribution in [0.3, 0.4) is 0 Å². The van der Waals surface area contributed by atoms with Crippen molar-refractivity contribution in [2.45, 2.75) is 25.9 Å². The molecule has 0 saturated heterocycles. The summed E-state index contributed by atoms with van der Waals surface area (Å²) in [4.78, 5) is 7.70. The Labute approximate surface area is 88.7 Å². The minimum absolute atomic E-state index is 0.147. The molecule has 0 aliphatic rings. The summed E-state index contributed by atoms with van der Waals surface area (Å²) in [5.41, 5.74) is 10.9. The number of nitrogens with two attached hydrogens (primary N) is 2. The molecule has 0 bridgehead atoms. The maximum Gasteiger partial charge on any atom is 0.223 e. The number of aliphatic hydroxyl groups is 1. The SMILES string of the molecule is CCC(O)CCNc1cc(N)nc(N)n1. The molecular formula is C9H17N5O. The molecule has 1 unspecified atom stereocenters. The number of aliphatic hydroxyl groups excluding tert-OH is 1. The monoisotopic (exact) mass is 211 g/mol. The molecule has 1 atom stereocenters. The van der Waals surface area contributed by atoms with Gasteiger partial charge < -0.3 is 21.9 Å². The molecule has 1 aromatic heterocycles. The van der Waals surface area contributed by atoms with Crippen molar-refractivity contribution in [1.29, 1.82) is 0 Å². The second kappa shape index (κ2) is 5.35. The van der Waals surface area contributed by atoms with Crippen molar-refractivity contribution in [3.8, 4) is 0 Å². The zero-order valence-corrected chi connectivity index (χ0v) is 8.77. The number of hydrogen-bond donors (Lipinski definition) is 4. The van der Waals surface area contributed by atoms with Crippen molar-refractivity contribution in [2.75, 3.05) is 23.3 Å². The van der Waals surface area contributed by atoms with Gasteiger partial charge in [0.05, 0.1) is 6.10 Å². The van der Waals surface area contributed by atoms with Gasteiger partial charge in [-0.05, 0) is 12.8 Å². The Morgan fingerprint density at radius 1 is 1.47 bits per heavy atom. The number of aromatic nitrogens is 2. The molecule has 15 heavy (non-hydrogen) atoms. The van der Waals surface area contributed by atoms with Crippen LogP contribution in [0, 0.1) is 0 Å². The van der Waals surface area contributed by atoms with Crippen molar-refractivity contribution >= 4 is 17.6 Å². The van der Waals surface area contributed by atoms with Crippen molar-refractivity contribution < 1.29 is 5.11 Å². The van der Waals surface area contributed by atoms with Gasteiger partial charge in [-0.3, -0.25) is 0 Å². The lowest BCUT2D eigenvalue weighted by Crippen LogP contribution is -2.13. The van der Waals surface area contributed by atoms with E-state index in [2.05, 4.69) is 15.3 Å². The smallest absolute Gasteiger partial charge is 0.223 e. The summed E-state index contributed by atoms with van der Waals surface area (Å²) in [6, 6.07) is 1.61. The van der Waals surface area contributed by atoms with Gasteiger partial charge in [0, 0.05) is 12.6 Å². The summed E-state index contributed by atoms with van der Waals surface area (Å²) in [6.07, 6.45) is 1.13. The number of hydrogen-bond acceptors (Lipinski definition) is 6. The summed E-state index contributed by atoms with van der Waals surface area (Å²) >= 11 is 0. The molecule has 0 fully saturated rings. The highest BCUT2D eigenvalue weighted by atomic mass is 16.3. The Morgan fingerprint density at radius 3 is 2.80 bits per heavy atom. The lowest BCUT2D eigenvalue weighted by molar-refractivity contribution is 0.164. The molecule has 84 valence electrons. The van der Waals surface area contributed by atoms with Gasteiger partial charge in [0.1, 0.15) is 11.6 Å². The summed E-state index contributed by atoms with van der Waals surface area (Å²) in [6.45, 7) is 2.57. The zero-order chi connectivity index (χ0) is 11.3. The Morgan fingerprint density at radius 2 is 2.20 bits per heavy atom. The van der Waals surface area contributed by atoms with Gasteiger partial charge in [-0.1, -0.05) is 6.92 Å². The van der Waals surface area contributed by atoms with E-state index in [1.165, 1.54) is 0 Å². The first-order valence-corrected chi connectivity index (χ1v) is 4.93. The molecule has 1 aromatic rings. The standard InChI is InChI=1S/C9H17N5O/c1-2-6(15)3-4-12-8-5-7(10)13-9(11)14-8/h5-6,15H,2-4H2,1H3,(H5,10,11,12,13,14). The van der Waals surface area contributed by atoms with E-state index < -0.39 is 0 Å². The summed E-state index contributed by atoms with van der Waals surface area (Å²) in [5, 5.41) is 12.3. The fraction of sp³-hybridized carbons (Fsp3) is 0.556. The fourth-order valence-corrected chi connectivity index (χ4v) is 1.15. The largest absolute Gasteiger partial charge is 0.393 e. The van der Waals surface area contributed by atoms with Crippen LogP contribution in [0.25, 0.3) is 0 Å². The summed E-state index contributed by atoms with van der Waals surface area (Å²) in [7, 11) is 0. The van der Waals surface area contributed by atoms with Crippen molar-refractivity contribution in [3.05, 3.63) is 6.07 Å². The lowest BCUT2D eigenvalue weighted by atomic mass is 10.2. The van der Waals surface area contributed by atoms with E-state index in [1.54, 1.807) is 6.07 Å². The highest BCUT2D eigenvalue weighted by Gasteiger charge is 2.02. The van der Waals surface area contributed by atoms with Gasteiger partial charge in [0.2, 0.25) is 5.95 Å².